The van der Waals surface area contributed by atoms with Crippen molar-refractivity contribution in [3.8, 4) is 0 Å². The molecular formula is C28H40F3N5O3. The molecule has 0 unspecified atom stereocenters. The Hall–Kier alpha value is -3.73. The molecule has 216 valence electrons. The molecule has 0 radical (unpaired) electrons. The minimum Gasteiger partial charge on any atom is -0.483 e. The number of nitrogens with zero attached hydrogens (tertiary/aromatic N) is 3. The first-order valence-corrected chi connectivity index (χ1v) is 12.7. The molecule has 0 spiro atoms. The molecule has 0 aliphatic heterocycles. The second-order valence-corrected chi connectivity index (χ2v) is 8.43. The Balaban J connectivity index is 0.000000919. The van der Waals surface area contributed by atoms with Crippen molar-refractivity contribution in [2.75, 3.05) is 19.4 Å². The number of carbonyl (C=O) groups is 2. The van der Waals surface area contributed by atoms with Gasteiger partial charge in [-0.05, 0) is 56.8 Å². The largest absolute Gasteiger partial charge is 0.483 e. The fraction of sp³-hybridized carbons (Fsp3) is 0.429. The Morgan fingerprint density at radius 1 is 1.10 bits per heavy atom. The highest BCUT2D eigenvalue weighted by Gasteiger charge is 2.38. The van der Waals surface area contributed by atoms with Gasteiger partial charge < -0.3 is 25.9 Å². The van der Waals surface area contributed by atoms with Crippen molar-refractivity contribution in [3.05, 3.63) is 66.1 Å². The number of aldehydes is 1. The van der Waals surface area contributed by atoms with Gasteiger partial charge in [-0.2, -0.15) is 13.2 Å². The van der Waals surface area contributed by atoms with Gasteiger partial charge >= 0.3 is 6.18 Å². The summed E-state index contributed by atoms with van der Waals surface area (Å²) in [6.45, 7) is 4.48. The highest BCUT2D eigenvalue weighted by Crippen LogP contribution is 2.26. The number of halogens is 3. The summed E-state index contributed by atoms with van der Waals surface area (Å²) in [5.41, 5.74) is 5.46. The van der Waals surface area contributed by atoms with Crippen LogP contribution in [-0.2, 0) is 16.1 Å². The van der Waals surface area contributed by atoms with Gasteiger partial charge in [-0.1, -0.05) is 51.3 Å². The third-order valence-corrected chi connectivity index (χ3v) is 5.14. The van der Waals surface area contributed by atoms with E-state index >= 15 is 0 Å². The van der Waals surface area contributed by atoms with Crippen LogP contribution in [0.2, 0.25) is 0 Å². The van der Waals surface area contributed by atoms with Gasteiger partial charge in [0.2, 0.25) is 0 Å². The van der Waals surface area contributed by atoms with Gasteiger partial charge in [0.05, 0.1) is 5.70 Å². The number of allylic oxidation sites excluding steroid dienone is 1. The first-order valence-electron chi connectivity index (χ1n) is 12.7. The van der Waals surface area contributed by atoms with Gasteiger partial charge in [0.15, 0.2) is 11.5 Å². The molecule has 39 heavy (non-hydrogen) atoms. The van der Waals surface area contributed by atoms with E-state index in [1.807, 2.05) is 45.0 Å². The van der Waals surface area contributed by atoms with E-state index in [1.165, 1.54) is 31.5 Å². The second kappa shape index (κ2) is 20.3. The predicted octanol–water partition coefficient (Wildman–Crippen LogP) is 6.18. The van der Waals surface area contributed by atoms with E-state index in [4.69, 9.17) is 15.6 Å². The third kappa shape index (κ3) is 15.3. The fourth-order valence-corrected chi connectivity index (χ4v) is 3.47. The average Bonchev–Trinajstić information content (AvgIpc) is 2.93. The maximum absolute atomic E-state index is 13.5. The summed E-state index contributed by atoms with van der Waals surface area (Å²) in [5.74, 6) is 0.353. The molecular weight excluding hydrogens is 511 g/mol. The van der Waals surface area contributed by atoms with Gasteiger partial charge in [-0.15, -0.1) is 0 Å². The van der Waals surface area contributed by atoms with Gasteiger partial charge in [0.25, 0.3) is 6.47 Å². The third-order valence-electron chi connectivity index (χ3n) is 5.14. The SMILES string of the molecule is CC.CN(C)Cc1ccc(NC(=C/N)/C(=N/c2ccccn2)C(F)(F)F)cc1.O=CC1CCCCC1.O=CO. The number of anilines is 1. The van der Waals surface area contributed by atoms with Crippen LogP contribution in [0.1, 0.15) is 51.5 Å². The van der Waals surface area contributed by atoms with E-state index in [0.29, 0.717) is 11.6 Å². The number of alkyl halides is 3. The van der Waals surface area contributed by atoms with E-state index in [1.54, 1.807) is 24.3 Å². The number of rotatable bonds is 7. The van der Waals surface area contributed by atoms with Crippen molar-refractivity contribution in [3.63, 3.8) is 0 Å². The van der Waals surface area contributed by atoms with Crippen LogP contribution in [0.25, 0.3) is 0 Å². The molecule has 1 fully saturated rings. The number of benzene rings is 1. The summed E-state index contributed by atoms with van der Waals surface area (Å²) < 4.78 is 40.4. The lowest BCUT2D eigenvalue weighted by atomic mass is 9.91. The van der Waals surface area contributed by atoms with Crippen LogP contribution in [0.3, 0.4) is 0 Å². The highest BCUT2D eigenvalue weighted by atomic mass is 19.4. The molecule has 1 aliphatic carbocycles. The average molecular weight is 552 g/mol. The number of hydrogen-bond donors (Lipinski definition) is 3. The van der Waals surface area contributed by atoms with Gasteiger partial charge in [-0.25, -0.2) is 9.98 Å². The Bertz CT molecular complexity index is 990. The summed E-state index contributed by atoms with van der Waals surface area (Å²) >= 11 is 0. The van der Waals surface area contributed by atoms with Crippen molar-refractivity contribution in [2.45, 2.75) is 58.7 Å². The summed E-state index contributed by atoms with van der Waals surface area (Å²) in [6, 6.07) is 11.6. The number of nitrogens with one attached hydrogen (secondary N) is 1. The Kier molecular flexibility index (Phi) is 18.3. The molecule has 4 N–H and O–H groups in total. The van der Waals surface area contributed by atoms with Crippen molar-refractivity contribution in [2.24, 2.45) is 16.6 Å². The zero-order valence-corrected chi connectivity index (χ0v) is 23.0. The van der Waals surface area contributed by atoms with Crippen molar-refractivity contribution in [1.82, 2.24) is 9.88 Å². The maximum atomic E-state index is 13.5. The van der Waals surface area contributed by atoms with Gasteiger partial charge in [-0.3, -0.25) is 4.79 Å². The van der Waals surface area contributed by atoms with Crippen LogP contribution >= 0.6 is 0 Å². The molecule has 0 bridgehead atoms. The normalized spacial score (nSPS) is 13.9. The minimum absolute atomic E-state index is 0.0534. The lowest BCUT2D eigenvalue weighted by molar-refractivity contribution is -0.122. The molecule has 11 heteroatoms. The predicted molar refractivity (Wildman–Crippen MR) is 150 cm³/mol. The lowest BCUT2D eigenvalue weighted by Gasteiger charge is -2.16. The molecule has 2 aromatic rings. The molecule has 0 atom stereocenters. The zero-order valence-electron chi connectivity index (χ0n) is 23.0. The summed E-state index contributed by atoms with van der Waals surface area (Å²) in [4.78, 5) is 27.9. The first kappa shape index (κ1) is 35.3. The zero-order chi connectivity index (χ0) is 29.7. The Morgan fingerprint density at radius 2 is 1.69 bits per heavy atom. The Morgan fingerprint density at radius 3 is 2.10 bits per heavy atom. The number of carbonyl (C=O) groups excluding carboxylic acids is 1. The van der Waals surface area contributed by atoms with Crippen LogP contribution in [0, 0.1) is 5.92 Å². The van der Waals surface area contributed by atoms with Crippen LogP contribution in [0.4, 0.5) is 24.7 Å². The molecule has 1 aliphatic rings. The highest BCUT2D eigenvalue weighted by molar-refractivity contribution is 6.07. The Labute approximate surface area is 228 Å². The molecule has 8 nitrogen and oxygen atoms in total. The van der Waals surface area contributed by atoms with Crippen LogP contribution in [0.5, 0.6) is 0 Å². The quantitative estimate of drug-likeness (QED) is 0.277. The molecule has 3 rings (SSSR count). The van der Waals surface area contributed by atoms with Gasteiger partial charge in [0.1, 0.15) is 6.29 Å². The molecule has 1 saturated carbocycles. The summed E-state index contributed by atoms with van der Waals surface area (Å²) in [7, 11) is 3.87. The minimum atomic E-state index is -4.69. The van der Waals surface area contributed by atoms with E-state index in [2.05, 4.69) is 15.3 Å². The number of carboxylic acid groups (broad SMARTS) is 1. The number of aliphatic imine (C=N–C) groups is 1. The molecule has 1 aromatic heterocycles. The second-order valence-electron chi connectivity index (χ2n) is 8.43. The van der Waals surface area contributed by atoms with Crippen molar-refractivity contribution < 1.29 is 27.9 Å². The van der Waals surface area contributed by atoms with Gasteiger partial charge in [0, 0.05) is 30.5 Å². The molecule has 0 amide bonds. The standard InChI is InChI=1S/C18H20F3N5.C7H12O.C2H6.CH2O2/c1-26(2)12-13-6-8-14(9-7-13)24-15(11-22)17(18(19,20)21)25-16-5-3-4-10-23-16;8-6-7-4-2-1-3-5-7;1-2;2-1-3/h3-11,24H,12,22H2,1-2H3;6-7H,1-5H2;1-2H3;1H,(H,2,3)/b15-11+,25-17-;;;. The number of pyridine rings is 1. The van der Waals surface area contributed by atoms with E-state index in [9.17, 15) is 18.0 Å². The van der Waals surface area contributed by atoms with Crippen molar-refractivity contribution in [1.29, 1.82) is 0 Å². The van der Waals surface area contributed by atoms with Crippen molar-refractivity contribution >= 4 is 30.0 Å². The van der Waals surface area contributed by atoms with Crippen LogP contribution in [-0.4, -0.2) is 53.7 Å². The summed E-state index contributed by atoms with van der Waals surface area (Å²) in [5, 5.41) is 9.57. The number of aromatic nitrogens is 1. The van der Waals surface area contributed by atoms with E-state index in [0.717, 1.165) is 37.4 Å². The fourth-order valence-electron chi connectivity index (χ4n) is 3.47. The lowest BCUT2D eigenvalue weighted by Crippen LogP contribution is -2.29. The number of hydrogen-bond acceptors (Lipinski definition) is 7. The van der Waals surface area contributed by atoms with E-state index < -0.39 is 11.9 Å². The topological polar surface area (TPSA) is 121 Å². The maximum Gasteiger partial charge on any atom is 0.435 e. The van der Waals surface area contributed by atoms with E-state index in [-0.39, 0.29) is 18.0 Å². The molecule has 0 saturated heterocycles. The first-order chi connectivity index (χ1) is 18.6. The smallest absolute Gasteiger partial charge is 0.435 e. The monoisotopic (exact) mass is 551 g/mol. The molecule has 1 heterocycles. The van der Waals surface area contributed by atoms with Crippen LogP contribution < -0.4 is 11.1 Å². The number of nitrogens with two attached hydrogens (primary N) is 1. The molecule has 1 aromatic carbocycles. The summed E-state index contributed by atoms with van der Waals surface area (Å²) in [6.07, 6.45) is 4.79. The van der Waals surface area contributed by atoms with Crippen LogP contribution in [0.15, 0.2) is 65.6 Å².